The zero-order valence-corrected chi connectivity index (χ0v) is 10.3. The molecule has 1 unspecified atom stereocenters. The second kappa shape index (κ2) is 7.23. The summed E-state index contributed by atoms with van der Waals surface area (Å²) in [7, 11) is -2.15. The van der Waals surface area contributed by atoms with Crippen molar-refractivity contribution in [2.24, 2.45) is 16.6 Å². The number of rotatable bonds is 4. The van der Waals surface area contributed by atoms with Crippen molar-refractivity contribution in [3.05, 3.63) is 0 Å². The highest BCUT2D eigenvalue weighted by molar-refractivity contribution is 8.14. The summed E-state index contributed by atoms with van der Waals surface area (Å²) in [6.45, 7) is 0. The molecule has 5 N–H and O–H groups in total. The van der Waals surface area contributed by atoms with Crippen molar-refractivity contribution in [1.82, 2.24) is 0 Å². The van der Waals surface area contributed by atoms with Gasteiger partial charge >= 0.3 is 0 Å². The predicted octanol–water partition coefficient (Wildman–Crippen LogP) is -1.44. The lowest BCUT2D eigenvalue weighted by atomic mass is 10.4. The third-order valence-electron chi connectivity index (χ3n) is 1.48. The van der Waals surface area contributed by atoms with Crippen molar-refractivity contribution < 1.29 is 14.2 Å². The average Bonchev–Trinajstić information content (AvgIpc) is 2.27. The van der Waals surface area contributed by atoms with Crippen LogP contribution in [-0.4, -0.2) is 43.2 Å². The van der Waals surface area contributed by atoms with Crippen LogP contribution in [0.25, 0.3) is 0 Å². The van der Waals surface area contributed by atoms with E-state index in [4.69, 9.17) is 16.7 Å². The number of nitrogens with two attached hydrogens (primary N) is 2. The second-order valence-electron chi connectivity index (χ2n) is 2.60. The quantitative estimate of drug-likeness (QED) is 0.141. The molecule has 0 saturated heterocycles. The standard InChI is InChI=1S/C6H13N3O3S3/c7-3(1-13)5(9-11)15(12)6(10)4(8)2-14/h3-4,11,13-14H,1-2,7-8H2/t3-,4-,15?/m0/s1. The van der Waals surface area contributed by atoms with Crippen molar-refractivity contribution in [3.8, 4) is 0 Å². The van der Waals surface area contributed by atoms with E-state index in [1.54, 1.807) is 0 Å². The van der Waals surface area contributed by atoms with Crippen LogP contribution in [0.2, 0.25) is 0 Å². The lowest BCUT2D eigenvalue weighted by Gasteiger charge is -2.11. The van der Waals surface area contributed by atoms with Gasteiger partial charge in [-0.15, -0.1) is 0 Å². The summed E-state index contributed by atoms with van der Waals surface area (Å²) in [5.41, 5.74) is 10.8. The molecule has 9 heteroatoms. The lowest BCUT2D eigenvalue weighted by Crippen LogP contribution is -2.43. The Morgan fingerprint density at radius 1 is 1.33 bits per heavy atom. The van der Waals surface area contributed by atoms with Crippen LogP contribution < -0.4 is 11.5 Å². The van der Waals surface area contributed by atoms with Gasteiger partial charge in [-0.05, 0) is 0 Å². The van der Waals surface area contributed by atoms with Gasteiger partial charge in [0.2, 0.25) is 5.12 Å². The molecule has 0 heterocycles. The maximum absolute atomic E-state index is 11.5. The molecule has 0 radical (unpaired) electrons. The van der Waals surface area contributed by atoms with E-state index in [9.17, 15) is 9.00 Å². The Labute approximate surface area is 101 Å². The molecule has 3 atom stereocenters. The predicted molar refractivity (Wildman–Crippen MR) is 66.0 cm³/mol. The molecule has 15 heavy (non-hydrogen) atoms. The number of hydrogen-bond acceptors (Lipinski definition) is 8. The van der Waals surface area contributed by atoms with Crippen LogP contribution >= 0.6 is 25.3 Å². The Morgan fingerprint density at radius 2 is 1.80 bits per heavy atom. The van der Waals surface area contributed by atoms with Gasteiger partial charge in [0.1, 0.15) is 10.8 Å². The molecule has 0 spiro atoms. The summed E-state index contributed by atoms with van der Waals surface area (Å²) in [4.78, 5) is 11.3. The van der Waals surface area contributed by atoms with E-state index in [2.05, 4.69) is 30.4 Å². The van der Waals surface area contributed by atoms with E-state index < -0.39 is 28.0 Å². The first-order valence-corrected chi connectivity index (χ1v) is 6.31. The number of hydrogen-bond donors (Lipinski definition) is 5. The maximum atomic E-state index is 11.5. The van der Waals surface area contributed by atoms with Crippen LogP contribution in [0.5, 0.6) is 0 Å². The molecule has 0 amide bonds. The molecule has 0 aromatic carbocycles. The minimum absolute atomic E-state index is 0.0550. The van der Waals surface area contributed by atoms with Crippen LogP contribution in [-0.2, 0) is 15.6 Å². The zero-order valence-electron chi connectivity index (χ0n) is 7.74. The molecule has 0 aliphatic rings. The summed E-state index contributed by atoms with van der Waals surface area (Å²) >= 11 is 7.63. The van der Waals surface area contributed by atoms with Crippen LogP contribution in [0.1, 0.15) is 0 Å². The van der Waals surface area contributed by atoms with E-state index in [0.29, 0.717) is 0 Å². The lowest BCUT2D eigenvalue weighted by molar-refractivity contribution is -0.111. The van der Waals surface area contributed by atoms with E-state index in [-0.39, 0.29) is 16.5 Å². The topological polar surface area (TPSA) is 119 Å². The van der Waals surface area contributed by atoms with E-state index in [0.717, 1.165) is 0 Å². The minimum atomic E-state index is -2.15. The normalized spacial score (nSPS) is 18.3. The maximum Gasteiger partial charge on any atom is 0.242 e. The third-order valence-corrected chi connectivity index (χ3v) is 3.70. The first-order valence-electron chi connectivity index (χ1n) is 3.90. The van der Waals surface area contributed by atoms with Crippen LogP contribution in [0, 0.1) is 0 Å². The molecule has 0 aliphatic heterocycles. The van der Waals surface area contributed by atoms with Crippen molar-refractivity contribution in [3.63, 3.8) is 0 Å². The fraction of sp³-hybridized carbons (Fsp3) is 0.667. The highest BCUT2D eigenvalue weighted by Gasteiger charge is 2.27. The fourth-order valence-corrected chi connectivity index (χ4v) is 2.22. The number of carbonyl (C=O) groups excluding carboxylic acids is 1. The Balaban J connectivity index is 4.76. The summed E-state index contributed by atoms with van der Waals surface area (Å²) in [6, 6.07) is -1.83. The van der Waals surface area contributed by atoms with Gasteiger partial charge in [0.25, 0.3) is 0 Å². The number of carbonyl (C=O) groups is 1. The molecular formula is C6H13N3O3S3. The molecule has 88 valence electrons. The van der Waals surface area contributed by atoms with Crippen LogP contribution in [0.4, 0.5) is 0 Å². The summed E-state index contributed by atoms with van der Waals surface area (Å²) < 4.78 is 11.5. The van der Waals surface area contributed by atoms with Crippen molar-refractivity contribution in [1.29, 1.82) is 0 Å². The van der Waals surface area contributed by atoms with E-state index >= 15 is 0 Å². The van der Waals surface area contributed by atoms with Gasteiger partial charge in [-0.2, -0.15) is 25.3 Å². The zero-order chi connectivity index (χ0) is 12.0. The van der Waals surface area contributed by atoms with Gasteiger partial charge in [0.15, 0.2) is 5.04 Å². The number of nitrogens with zero attached hydrogens (tertiary/aromatic N) is 1. The Hall–Kier alpha value is -0.0900. The second-order valence-corrected chi connectivity index (χ2v) is 4.69. The molecular weight excluding hydrogens is 258 g/mol. The SMILES string of the molecule is N[C@@H](CS)C(=O)S(=O)C(=NO)[C@@H](N)CS. The van der Waals surface area contributed by atoms with Gasteiger partial charge in [-0.1, -0.05) is 5.16 Å². The van der Waals surface area contributed by atoms with Crippen LogP contribution in [0.3, 0.4) is 0 Å². The molecule has 0 bridgehead atoms. The van der Waals surface area contributed by atoms with Gasteiger partial charge < -0.3 is 16.7 Å². The minimum Gasteiger partial charge on any atom is -0.410 e. The first-order chi connectivity index (χ1) is 6.99. The molecule has 0 aromatic heterocycles. The Morgan fingerprint density at radius 3 is 2.13 bits per heavy atom. The number of thiol groups is 2. The first kappa shape index (κ1) is 14.9. The molecule has 0 fully saturated rings. The van der Waals surface area contributed by atoms with Gasteiger partial charge in [0.05, 0.1) is 12.1 Å². The molecule has 0 aromatic rings. The highest BCUT2D eigenvalue weighted by Crippen LogP contribution is 2.00. The summed E-state index contributed by atoms with van der Waals surface area (Å²) in [5, 5.41) is 10.2. The molecule has 0 aliphatic carbocycles. The van der Waals surface area contributed by atoms with Gasteiger partial charge in [-0.3, -0.25) is 4.79 Å². The Bertz CT molecular complexity index is 284. The largest absolute Gasteiger partial charge is 0.410 e. The summed E-state index contributed by atoms with van der Waals surface area (Å²) in [5.74, 6) is 0.161. The monoisotopic (exact) mass is 271 g/mol. The summed E-state index contributed by atoms with van der Waals surface area (Å²) in [6.07, 6.45) is 0. The van der Waals surface area contributed by atoms with Gasteiger partial charge in [-0.25, -0.2) is 4.21 Å². The smallest absolute Gasteiger partial charge is 0.242 e. The van der Waals surface area contributed by atoms with Crippen molar-refractivity contribution >= 4 is 46.2 Å². The van der Waals surface area contributed by atoms with Crippen molar-refractivity contribution in [2.45, 2.75) is 12.1 Å². The third kappa shape index (κ3) is 4.11. The highest BCUT2D eigenvalue weighted by atomic mass is 32.2. The van der Waals surface area contributed by atoms with E-state index in [1.165, 1.54) is 0 Å². The van der Waals surface area contributed by atoms with E-state index in [1.807, 2.05) is 0 Å². The van der Waals surface area contributed by atoms with Crippen LogP contribution in [0.15, 0.2) is 5.16 Å². The average molecular weight is 271 g/mol. The fourth-order valence-electron chi connectivity index (χ4n) is 0.642. The van der Waals surface area contributed by atoms with Gasteiger partial charge in [0, 0.05) is 11.5 Å². The molecule has 0 saturated carbocycles. The molecule has 0 rings (SSSR count). The molecule has 6 nitrogen and oxygen atoms in total. The Kier molecular flexibility index (Phi) is 7.18. The van der Waals surface area contributed by atoms with Crippen molar-refractivity contribution in [2.75, 3.05) is 11.5 Å². The number of oxime groups is 1.